The van der Waals surface area contributed by atoms with Crippen LogP contribution >= 0.6 is 0 Å². The molecule has 9 heavy (non-hydrogen) atoms. The van der Waals surface area contributed by atoms with E-state index in [0.717, 1.165) is 19.3 Å². The molecule has 2 atom stereocenters. The molecule has 1 aliphatic rings. The third kappa shape index (κ3) is 2.82. The van der Waals surface area contributed by atoms with Gasteiger partial charge in [-0.05, 0) is 19.3 Å². The van der Waals surface area contributed by atoms with Crippen molar-refractivity contribution in [3.05, 3.63) is 0 Å². The minimum absolute atomic E-state index is 0.431. The minimum atomic E-state index is -0.431. The molecule has 2 N–H and O–H groups in total. The first kappa shape index (κ1) is 8.92. The predicted molar refractivity (Wildman–Crippen MR) is 37.2 cm³/mol. The summed E-state index contributed by atoms with van der Waals surface area (Å²) in [5.74, 6) is 0. The second-order valence-electron chi connectivity index (χ2n) is 2.07. The maximum absolute atomic E-state index is 8.75. The molecule has 1 aliphatic carbocycles. The average molecular weight is 132 g/mol. The van der Waals surface area contributed by atoms with Gasteiger partial charge in [0, 0.05) is 0 Å². The number of rotatable bonds is 0. The van der Waals surface area contributed by atoms with Crippen LogP contribution in [0.25, 0.3) is 0 Å². The van der Waals surface area contributed by atoms with Gasteiger partial charge in [0.15, 0.2) is 0 Å². The summed E-state index contributed by atoms with van der Waals surface area (Å²) >= 11 is 0. The van der Waals surface area contributed by atoms with Gasteiger partial charge in [-0.2, -0.15) is 0 Å². The lowest BCUT2D eigenvalue weighted by Crippen LogP contribution is -2.17. The fourth-order valence-electron chi connectivity index (χ4n) is 0.921. The molecule has 0 aliphatic heterocycles. The maximum Gasteiger partial charge on any atom is 0.0799 e. The summed E-state index contributed by atoms with van der Waals surface area (Å²) in [5, 5.41) is 17.5. The molecule has 1 saturated carbocycles. The Balaban J connectivity index is 0.000000291. The van der Waals surface area contributed by atoms with Crippen molar-refractivity contribution in [2.24, 2.45) is 0 Å². The molecule has 0 bridgehead atoms. The van der Waals surface area contributed by atoms with Crippen LogP contribution in [0.5, 0.6) is 0 Å². The molecule has 0 spiro atoms. The van der Waals surface area contributed by atoms with Crippen molar-refractivity contribution in [3.8, 4) is 0 Å². The Hall–Kier alpha value is -0.0800. The zero-order valence-electron chi connectivity index (χ0n) is 6.17. The van der Waals surface area contributed by atoms with Gasteiger partial charge in [-0.3, -0.25) is 0 Å². The smallest absolute Gasteiger partial charge is 0.0799 e. The molecular weight excluding hydrogens is 116 g/mol. The molecule has 2 nitrogen and oxygen atoms in total. The minimum Gasteiger partial charge on any atom is -0.390 e. The fourth-order valence-corrected chi connectivity index (χ4v) is 0.921. The first-order chi connectivity index (χ1) is 4.30. The Labute approximate surface area is 56.5 Å². The molecule has 0 heterocycles. The Morgan fingerprint density at radius 2 is 1.33 bits per heavy atom. The van der Waals surface area contributed by atoms with Gasteiger partial charge in [-0.15, -0.1) is 0 Å². The summed E-state index contributed by atoms with van der Waals surface area (Å²) in [6, 6.07) is 0. The fraction of sp³-hybridized carbons (Fsp3) is 1.00. The topological polar surface area (TPSA) is 40.5 Å². The van der Waals surface area contributed by atoms with Gasteiger partial charge in [-0.25, -0.2) is 0 Å². The highest BCUT2D eigenvalue weighted by Gasteiger charge is 2.21. The first-order valence-corrected chi connectivity index (χ1v) is 3.67. The van der Waals surface area contributed by atoms with E-state index in [2.05, 4.69) is 0 Å². The summed E-state index contributed by atoms with van der Waals surface area (Å²) in [4.78, 5) is 0. The standard InChI is InChI=1S/C5H10O2.C2H6/c6-4-2-1-3-5(4)7;1-2/h4-7H,1-3H2;1-2H3/t4-,5+;. The lowest BCUT2D eigenvalue weighted by atomic mass is 10.3. The second kappa shape index (κ2) is 4.77. The summed E-state index contributed by atoms with van der Waals surface area (Å²) in [5.41, 5.74) is 0. The quantitative estimate of drug-likeness (QED) is 0.514. The molecule has 0 aromatic carbocycles. The van der Waals surface area contributed by atoms with E-state index in [-0.39, 0.29) is 0 Å². The van der Waals surface area contributed by atoms with Crippen molar-refractivity contribution in [2.75, 3.05) is 0 Å². The van der Waals surface area contributed by atoms with E-state index in [1.54, 1.807) is 0 Å². The lowest BCUT2D eigenvalue weighted by molar-refractivity contribution is 0.0438. The molecule has 0 radical (unpaired) electrons. The normalized spacial score (nSPS) is 33.3. The van der Waals surface area contributed by atoms with Crippen molar-refractivity contribution in [2.45, 2.75) is 45.3 Å². The van der Waals surface area contributed by atoms with E-state index in [1.807, 2.05) is 13.8 Å². The van der Waals surface area contributed by atoms with E-state index >= 15 is 0 Å². The molecule has 0 aromatic heterocycles. The maximum atomic E-state index is 8.75. The van der Waals surface area contributed by atoms with Gasteiger partial charge < -0.3 is 10.2 Å². The van der Waals surface area contributed by atoms with Gasteiger partial charge >= 0.3 is 0 Å². The zero-order chi connectivity index (χ0) is 7.28. The zero-order valence-corrected chi connectivity index (χ0v) is 6.17. The van der Waals surface area contributed by atoms with Crippen LogP contribution in [-0.4, -0.2) is 22.4 Å². The third-order valence-corrected chi connectivity index (χ3v) is 1.44. The highest BCUT2D eigenvalue weighted by atomic mass is 16.3. The van der Waals surface area contributed by atoms with Crippen molar-refractivity contribution in [1.82, 2.24) is 0 Å². The molecule has 56 valence electrons. The Kier molecular flexibility index (Phi) is 4.72. The number of aliphatic hydroxyl groups excluding tert-OH is 2. The van der Waals surface area contributed by atoms with Crippen LogP contribution in [0, 0.1) is 0 Å². The summed E-state index contributed by atoms with van der Waals surface area (Å²) in [6.45, 7) is 4.00. The van der Waals surface area contributed by atoms with E-state index < -0.39 is 12.2 Å². The molecule has 0 amide bonds. The number of hydrogen-bond donors (Lipinski definition) is 2. The van der Waals surface area contributed by atoms with Crippen molar-refractivity contribution in [1.29, 1.82) is 0 Å². The molecular formula is C7H16O2. The van der Waals surface area contributed by atoms with Crippen LogP contribution in [0.4, 0.5) is 0 Å². The van der Waals surface area contributed by atoms with Crippen molar-refractivity contribution in [3.63, 3.8) is 0 Å². The third-order valence-electron chi connectivity index (χ3n) is 1.44. The second-order valence-corrected chi connectivity index (χ2v) is 2.07. The van der Waals surface area contributed by atoms with Crippen LogP contribution in [0.1, 0.15) is 33.1 Å². The van der Waals surface area contributed by atoms with Crippen LogP contribution in [-0.2, 0) is 0 Å². The van der Waals surface area contributed by atoms with Crippen molar-refractivity contribution < 1.29 is 10.2 Å². The predicted octanol–water partition coefficient (Wildman–Crippen LogP) is 0.918. The molecule has 0 unspecified atom stereocenters. The van der Waals surface area contributed by atoms with E-state index in [9.17, 15) is 0 Å². The van der Waals surface area contributed by atoms with E-state index in [1.165, 1.54) is 0 Å². The van der Waals surface area contributed by atoms with Crippen LogP contribution in [0.15, 0.2) is 0 Å². The van der Waals surface area contributed by atoms with Gasteiger partial charge in [-0.1, -0.05) is 13.8 Å². The van der Waals surface area contributed by atoms with Crippen LogP contribution in [0.3, 0.4) is 0 Å². The average Bonchev–Trinajstić information content (AvgIpc) is 2.23. The largest absolute Gasteiger partial charge is 0.390 e. The number of aliphatic hydroxyl groups is 2. The van der Waals surface area contributed by atoms with Gasteiger partial charge in [0.05, 0.1) is 12.2 Å². The SMILES string of the molecule is CC.O[C@@H]1CCC[C@@H]1O. The summed E-state index contributed by atoms with van der Waals surface area (Å²) < 4.78 is 0. The van der Waals surface area contributed by atoms with Crippen LogP contribution < -0.4 is 0 Å². The Morgan fingerprint density at radius 3 is 1.44 bits per heavy atom. The molecule has 1 fully saturated rings. The van der Waals surface area contributed by atoms with Crippen molar-refractivity contribution >= 4 is 0 Å². The van der Waals surface area contributed by atoms with Gasteiger partial charge in [0.2, 0.25) is 0 Å². The first-order valence-electron chi connectivity index (χ1n) is 3.67. The molecule has 1 rings (SSSR count). The monoisotopic (exact) mass is 132 g/mol. The summed E-state index contributed by atoms with van der Waals surface area (Å²) in [7, 11) is 0. The summed E-state index contributed by atoms with van der Waals surface area (Å²) in [6.07, 6.45) is 1.67. The molecule has 0 aromatic rings. The van der Waals surface area contributed by atoms with E-state index in [4.69, 9.17) is 10.2 Å². The lowest BCUT2D eigenvalue weighted by Gasteiger charge is -2.03. The van der Waals surface area contributed by atoms with Crippen LogP contribution in [0.2, 0.25) is 0 Å². The van der Waals surface area contributed by atoms with Gasteiger partial charge in [0.25, 0.3) is 0 Å². The van der Waals surface area contributed by atoms with Gasteiger partial charge in [0.1, 0.15) is 0 Å². The number of hydrogen-bond acceptors (Lipinski definition) is 2. The Bertz CT molecular complexity index is 55.9. The molecule has 2 heteroatoms. The van der Waals surface area contributed by atoms with E-state index in [0.29, 0.717) is 0 Å². The highest BCUT2D eigenvalue weighted by molar-refractivity contribution is 4.74. The Morgan fingerprint density at radius 1 is 1.00 bits per heavy atom. The highest BCUT2D eigenvalue weighted by Crippen LogP contribution is 2.17. The molecule has 0 saturated heterocycles.